The number of halogens is 3. The number of urea groups is 1. The Morgan fingerprint density at radius 1 is 1.13 bits per heavy atom. The predicted octanol–water partition coefficient (Wildman–Crippen LogP) is 3.88. The number of rotatable bonds is 5. The van der Waals surface area contributed by atoms with E-state index in [2.05, 4.69) is 32.4 Å². The number of hydrogen-bond donors (Lipinski definition) is 2. The zero-order valence-electron chi connectivity index (χ0n) is 21.6. The number of ether oxygens (including phenoxy) is 1. The molecule has 13 heteroatoms. The Balaban J connectivity index is 1.50. The summed E-state index contributed by atoms with van der Waals surface area (Å²) in [5, 5.41) is 5.45. The standard InChI is InChI=1S/C26H29F3N8O2/c1-3-30-25(38)32-18-6-4-17(5-7-18)22-33-20-14-36(24-31-10-8-21(34-24)26(27,28)29)11-9-19(20)23(35-22)37-12-13-39-15-16(37)2/h4-8,10,16H,3,9,11-15H2,1-2H3,(H2,30,32,38)/t16-/m0/s1. The number of benzene rings is 1. The number of fused-ring (bicyclic) bond motifs is 1. The van der Waals surface area contributed by atoms with Gasteiger partial charge in [-0.2, -0.15) is 13.2 Å². The Hall–Kier alpha value is -4.00. The van der Waals surface area contributed by atoms with Crippen molar-refractivity contribution in [1.82, 2.24) is 25.3 Å². The quantitative estimate of drug-likeness (QED) is 0.500. The summed E-state index contributed by atoms with van der Waals surface area (Å²) in [6.45, 7) is 6.90. The molecule has 0 saturated carbocycles. The molecule has 4 heterocycles. The van der Waals surface area contributed by atoms with Gasteiger partial charge in [0.25, 0.3) is 0 Å². The molecule has 1 fully saturated rings. The van der Waals surface area contributed by atoms with Gasteiger partial charge in [0.05, 0.1) is 31.5 Å². The molecule has 0 aliphatic carbocycles. The highest BCUT2D eigenvalue weighted by Crippen LogP contribution is 2.33. The van der Waals surface area contributed by atoms with Crippen molar-refractivity contribution in [3.63, 3.8) is 0 Å². The molecule has 39 heavy (non-hydrogen) atoms. The molecular formula is C26H29F3N8O2. The van der Waals surface area contributed by atoms with Crippen LogP contribution in [0.1, 0.15) is 30.8 Å². The van der Waals surface area contributed by atoms with Crippen molar-refractivity contribution in [3.05, 3.63) is 53.5 Å². The van der Waals surface area contributed by atoms with E-state index in [1.807, 2.05) is 19.1 Å². The lowest BCUT2D eigenvalue weighted by molar-refractivity contribution is -0.141. The van der Waals surface area contributed by atoms with Crippen molar-refractivity contribution in [1.29, 1.82) is 0 Å². The van der Waals surface area contributed by atoms with Crippen LogP contribution in [-0.2, 0) is 23.9 Å². The van der Waals surface area contributed by atoms with E-state index in [1.54, 1.807) is 17.0 Å². The molecule has 3 aromatic rings. The van der Waals surface area contributed by atoms with Crippen molar-refractivity contribution in [2.45, 2.75) is 39.0 Å². The Bertz CT molecular complexity index is 1340. The van der Waals surface area contributed by atoms with Gasteiger partial charge in [0.1, 0.15) is 11.5 Å². The Morgan fingerprint density at radius 3 is 2.64 bits per heavy atom. The minimum absolute atomic E-state index is 0.0118. The lowest BCUT2D eigenvalue weighted by Gasteiger charge is -2.37. The summed E-state index contributed by atoms with van der Waals surface area (Å²) in [5.74, 6) is 1.30. The third-order valence-corrected chi connectivity index (χ3v) is 6.64. The maximum absolute atomic E-state index is 13.3. The Kier molecular flexibility index (Phi) is 7.51. The molecule has 1 saturated heterocycles. The molecular weight excluding hydrogens is 513 g/mol. The summed E-state index contributed by atoms with van der Waals surface area (Å²) in [4.78, 5) is 33.5. The largest absolute Gasteiger partial charge is 0.433 e. The van der Waals surface area contributed by atoms with Crippen LogP contribution in [0, 0.1) is 0 Å². The van der Waals surface area contributed by atoms with E-state index in [1.165, 1.54) is 0 Å². The van der Waals surface area contributed by atoms with Gasteiger partial charge in [-0.25, -0.2) is 24.7 Å². The van der Waals surface area contributed by atoms with Crippen LogP contribution in [-0.4, -0.2) is 64.9 Å². The minimum Gasteiger partial charge on any atom is -0.377 e. The molecule has 2 aromatic heterocycles. The second-order valence-corrected chi connectivity index (χ2v) is 9.39. The second kappa shape index (κ2) is 11.0. The monoisotopic (exact) mass is 542 g/mol. The summed E-state index contributed by atoms with van der Waals surface area (Å²) in [5.41, 5.74) is 2.06. The first-order chi connectivity index (χ1) is 18.7. The average Bonchev–Trinajstić information content (AvgIpc) is 2.92. The van der Waals surface area contributed by atoms with Crippen molar-refractivity contribution in [2.24, 2.45) is 0 Å². The van der Waals surface area contributed by atoms with Gasteiger partial charge >= 0.3 is 12.2 Å². The lowest BCUT2D eigenvalue weighted by atomic mass is 10.0. The fourth-order valence-corrected chi connectivity index (χ4v) is 4.69. The van der Waals surface area contributed by atoms with E-state index in [0.717, 1.165) is 29.2 Å². The molecule has 0 spiro atoms. The molecule has 0 radical (unpaired) electrons. The molecule has 1 atom stereocenters. The highest BCUT2D eigenvalue weighted by Gasteiger charge is 2.34. The van der Waals surface area contributed by atoms with Crippen LogP contribution < -0.4 is 20.4 Å². The first-order valence-corrected chi connectivity index (χ1v) is 12.8. The molecule has 1 aromatic carbocycles. The maximum Gasteiger partial charge on any atom is 0.433 e. The van der Waals surface area contributed by atoms with E-state index in [4.69, 9.17) is 14.7 Å². The summed E-state index contributed by atoms with van der Waals surface area (Å²) >= 11 is 0. The average molecular weight is 543 g/mol. The SMILES string of the molecule is CCNC(=O)Nc1ccc(-c2nc3c(c(N4CCOC[C@@H]4C)n2)CCN(c2nccc(C(F)(F)F)n2)C3)cc1. The first-order valence-electron chi connectivity index (χ1n) is 12.8. The van der Waals surface area contributed by atoms with E-state index < -0.39 is 11.9 Å². The number of hydrogen-bond acceptors (Lipinski definition) is 8. The Labute approximate surface area is 223 Å². The van der Waals surface area contributed by atoms with Crippen molar-refractivity contribution >= 4 is 23.5 Å². The number of anilines is 3. The zero-order chi connectivity index (χ0) is 27.6. The second-order valence-electron chi connectivity index (χ2n) is 9.39. The highest BCUT2D eigenvalue weighted by molar-refractivity contribution is 5.89. The number of carbonyl (C=O) groups is 1. The molecule has 5 rings (SSSR count). The fourth-order valence-electron chi connectivity index (χ4n) is 4.69. The van der Waals surface area contributed by atoms with Crippen LogP contribution in [0.5, 0.6) is 0 Å². The van der Waals surface area contributed by atoms with Gasteiger partial charge < -0.3 is 25.2 Å². The number of amides is 2. The molecule has 0 unspecified atom stereocenters. The fraction of sp³-hybridized carbons (Fsp3) is 0.423. The van der Waals surface area contributed by atoms with Crippen LogP contribution in [0.2, 0.25) is 0 Å². The molecule has 10 nitrogen and oxygen atoms in total. The number of alkyl halides is 3. The lowest BCUT2D eigenvalue weighted by Crippen LogP contribution is -2.45. The molecule has 2 N–H and O–H groups in total. The van der Waals surface area contributed by atoms with E-state index in [-0.39, 0.29) is 24.6 Å². The van der Waals surface area contributed by atoms with E-state index in [0.29, 0.717) is 56.5 Å². The van der Waals surface area contributed by atoms with Crippen LogP contribution in [0.3, 0.4) is 0 Å². The van der Waals surface area contributed by atoms with Crippen molar-refractivity contribution in [3.8, 4) is 11.4 Å². The summed E-state index contributed by atoms with van der Waals surface area (Å²) in [7, 11) is 0. The van der Waals surface area contributed by atoms with Crippen molar-refractivity contribution < 1.29 is 22.7 Å². The van der Waals surface area contributed by atoms with E-state index >= 15 is 0 Å². The summed E-state index contributed by atoms with van der Waals surface area (Å²) < 4.78 is 45.5. The highest BCUT2D eigenvalue weighted by atomic mass is 19.4. The third-order valence-electron chi connectivity index (χ3n) is 6.64. The van der Waals surface area contributed by atoms with Gasteiger partial charge in [-0.1, -0.05) is 0 Å². The number of morpholine rings is 1. The van der Waals surface area contributed by atoms with Gasteiger partial charge in [0.2, 0.25) is 5.95 Å². The number of aromatic nitrogens is 4. The number of nitrogens with one attached hydrogen (secondary N) is 2. The predicted molar refractivity (Wildman–Crippen MR) is 140 cm³/mol. The van der Waals surface area contributed by atoms with Crippen LogP contribution in [0.15, 0.2) is 36.5 Å². The van der Waals surface area contributed by atoms with Crippen LogP contribution >= 0.6 is 0 Å². The molecule has 2 aliphatic heterocycles. The normalized spacial score (nSPS) is 17.5. The third kappa shape index (κ3) is 5.87. The summed E-state index contributed by atoms with van der Waals surface area (Å²) in [6, 6.07) is 7.86. The number of nitrogens with zero attached hydrogens (tertiary/aromatic N) is 6. The van der Waals surface area contributed by atoms with Gasteiger partial charge in [-0.3, -0.25) is 0 Å². The molecule has 0 bridgehead atoms. The van der Waals surface area contributed by atoms with Crippen LogP contribution in [0.25, 0.3) is 11.4 Å². The maximum atomic E-state index is 13.3. The Morgan fingerprint density at radius 2 is 1.92 bits per heavy atom. The van der Waals surface area contributed by atoms with Gasteiger partial charge in [0.15, 0.2) is 5.82 Å². The van der Waals surface area contributed by atoms with Gasteiger partial charge in [-0.05, 0) is 50.6 Å². The summed E-state index contributed by atoms with van der Waals surface area (Å²) in [6.07, 6.45) is -2.90. The van der Waals surface area contributed by atoms with Crippen molar-refractivity contribution in [2.75, 3.05) is 48.0 Å². The molecule has 2 aliphatic rings. The van der Waals surface area contributed by atoms with Gasteiger partial charge in [-0.15, -0.1) is 0 Å². The topological polar surface area (TPSA) is 108 Å². The van der Waals surface area contributed by atoms with E-state index in [9.17, 15) is 18.0 Å². The molecule has 2 amide bonds. The van der Waals surface area contributed by atoms with Crippen LogP contribution in [0.4, 0.5) is 35.4 Å². The molecule has 206 valence electrons. The van der Waals surface area contributed by atoms with Gasteiger partial charge in [0, 0.05) is 42.6 Å². The zero-order valence-corrected chi connectivity index (χ0v) is 21.6. The smallest absolute Gasteiger partial charge is 0.377 e. The first kappa shape index (κ1) is 26.6. The number of carbonyl (C=O) groups excluding carboxylic acids is 1. The minimum atomic E-state index is -4.56.